The van der Waals surface area contributed by atoms with Crippen molar-refractivity contribution >= 4 is 5.78 Å². The van der Waals surface area contributed by atoms with Crippen molar-refractivity contribution in [3.63, 3.8) is 0 Å². The van der Waals surface area contributed by atoms with Gasteiger partial charge >= 0.3 is 0 Å². The van der Waals surface area contributed by atoms with Crippen molar-refractivity contribution in [2.45, 2.75) is 53.9 Å². The van der Waals surface area contributed by atoms with E-state index in [1.54, 1.807) is 0 Å². The van der Waals surface area contributed by atoms with Crippen LogP contribution in [0, 0.1) is 11.3 Å². The summed E-state index contributed by atoms with van der Waals surface area (Å²) in [6.45, 7) is 10.5. The van der Waals surface area contributed by atoms with Crippen LogP contribution < -0.4 is 0 Å². The zero-order chi connectivity index (χ0) is 9.78. The Morgan fingerprint density at radius 1 is 1.33 bits per heavy atom. The lowest BCUT2D eigenvalue weighted by Gasteiger charge is -2.28. The summed E-state index contributed by atoms with van der Waals surface area (Å²) >= 11 is 0. The molecule has 0 fully saturated rings. The molecule has 0 aliphatic rings. The third kappa shape index (κ3) is 2.96. The fourth-order valence-electron chi connectivity index (χ4n) is 1.78. The van der Waals surface area contributed by atoms with Gasteiger partial charge in [-0.05, 0) is 18.8 Å². The van der Waals surface area contributed by atoms with E-state index in [-0.39, 0.29) is 5.41 Å². The van der Waals surface area contributed by atoms with Gasteiger partial charge in [-0.25, -0.2) is 0 Å². The summed E-state index contributed by atoms with van der Waals surface area (Å²) < 4.78 is 0. The first-order chi connectivity index (χ1) is 5.46. The molecule has 0 bridgehead atoms. The van der Waals surface area contributed by atoms with E-state index in [1.165, 1.54) is 0 Å². The van der Waals surface area contributed by atoms with E-state index in [9.17, 15) is 4.79 Å². The number of Topliss-reactive ketones (excluding diaryl/α,β-unsaturated/α-hetero) is 1. The van der Waals surface area contributed by atoms with Gasteiger partial charge in [-0.15, -0.1) is 0 Å². The normalized spacial score (nSPS) is 16.2. The third-order valence-corrected chi connectivity index (χ3v) is 2.63. The van der Waals surface area contributed by atoms with Gasteiger partial charge in [0.05, 0.1) is 0 Å². The number of carbonyl (C=O) groups excluding carboxylic acids is 1. The Morgan fingerprint density at radius 2 is 1.83 bits per heavy atom. The van der Waals surface area contributed by atoms with Gasteiger partial charge in [0.25, 0.3) is 0 Å². The average Bonchev–Trinajstić information content (AvgIpc) is 2.01. The molecule has 1 atom stereocenters. The molecule has 1 unspecified atom stereocenters. The Hall–Kier alpha value is -0.330. The SMILES string of the molecule is CCC(=O)C(C)(CC)CC(C)C. The van der Waals surface area contributed by atoms with Crippen molar-refractivity contribution in [3.8, 4) is 0 Å². The summed E-state index contributed by atoms with van der Waals surface area (Å²) in [5.41, 5.74) is -0.0666. The van der Waals surface area contributed by atoms with Crippen molar-refractivity contribution in [2.75, 3.05) is 0 Å². The molecule has 1 heteroatoms. The maximum atomic E-state index is 11.6. The maximum Gasteiger partial charge on any atom is 0.138 e. The molecule has 0 N–H and O–H groups in total. The van der Waals surface area contributed by atoms with E-state index in [2.05, 4.69) is 27.7 Å². The smallest absolute Gasteiger partial charge is 0.138 e. The quantitative estimate of drug-likeness (QED) is 0.618. The van der Waals surface area contributed by atoms with Crippen LogP contribution >= 0.6 is 0 Å². The second-order valence-electron chi connectivity index (χ2n) is 4.29. The van der Waals surface area contributed by atoms with E-state index < -0.39 is 0 Å². The van der Waals surface area contributed by atoms with Gasteiger partial charge in [-0.2, -0.15) is 0 Å². The Labute approximate surface area is 76.6 Å². The minimum Gasteiger partial charge on any atom is -0.299 e. The molecule has 0 aromatic rings. The number of ketones is 1. The van der Waals surface area contributed by atoms with Gasteiger partial charge in [0.1, 0.15) is 5.78 Å². The average molecular weight is 170 g/mol. The van der Waals surface area contributed by atoms with Crippen molar-refractivity contribution in [3.05, 3.63) is 0 Å². The predicted octanol–water partition coefficient (Wildman–Crippen LogP) is 3.43. The number of hydrogen-bond donors (Lipinski definition) is 0. The van der Waals surface area contributed by atoms with Crippen molar-refractivity contribution in [1.29, 1.82) is 0 Å². The number of rotatable bonds is 5. The summed E-state index contributed by atoms with van der Waals surface area (Å²) in [7, 11) is 0. The third-order valence-electron chi connectivity index (χ3n) is 2.63. The van der Waals surface area contributed by atoms with Gasteiger partial charge in [0, 0.05) is 11.8 Å². The molecule has 0 aliphatic carbocycles. The molecule has 0 amide bonds. The molecule has 0 radical (unpaired) electrons. The van der Waals surface area contributed by atoms with E-state index in [0.717, 1.165) is 12.8 Å². The molecular weight excluding hydrogens is 148 g/mol. The molecule has 1 nitrogen and oxygen atoms in total. The van der Waals surface area contributed by atoms with E-state index in [1.807, 2.05) is 6.92 Å². The van der Waals surface area contributed by atoms with E-state index >= 15 is 0 Å². The lowest BCUT2D eigenvalue weighted by molar-refractivity contribution is -0.128. The fraction of sp³-hybridized carbons (Fsp3) is 0.909. The predicted molar refractivity (Wildman–Crippen MR) is 53.2 cm³/mol. The standard InChI is InChI=1S/C11H22O/c1-6-10(12)11(5,7-2)8-9(3)4/h9H,6-8H2,1-5H3. The molecular formula is C11H22O. The lowest BCUT2D eigenvalue weighted by atomic mass is 9.75. The monoisotopic (exact) mass is 170 g/mol. The first-order valence-corrected chi connectivity index (χ1v) is 4.99. The van der Waals surface area contributed by atoms with Gasteiger partial charge < -0.3 is 0 Å². The van der Waals surface area contributed by atoms with Crippen molar-refractivity contribution in [2.24, 2.45) is 11.3 Å². The van der Waals surface area contributed by atoms with Crippen molar-refractivity contribution < 1.29 is 4.79 Å². The fourth-order valence-corrected chi connectivity index (χ4v) is 1.78. The molecule has 0 aromatic heterocycles. The molecule has 0 aliphatic heterocycles. The minimum atomic E-state index is -0.0666. The highest BCUT2D eigenvalue weighted by molar-refractivity contribution is 5.84. The molecule has 0 heterocycles. The van der Waals surface area contributed by atoms with Gasteiger partial charge in [0.15, 0.2) is 0 Å². The largest absolute Gasteiger partial charge is 0.299 e. The summed E-state index contributed by atoms with van der Waals surface area (Å²) in [6.07, 6.45) is 2.67. The van der Waals surface area contributed by atoms with Crippen LogP contribution in [0.25, 0.3) is 0 Å². The van der Waals surface area contributed by atoms with Gasteiger partial charge in [-0.3, -0.25) is 4.79 Å². The lowest BCUT2D eigenvalue weighted by Crippen LogP contribution is -2.28. The molecule has 0 saturated carbocycles. The first-order valence-electron chi connectivity index (χ1n) is 4.99. The van der Waals surface area contributed by atoms with E-state index in [0.29, 0.717) is 18.1 Å². The van der Waals surface area contributed by atoms with Crippen LogP contribution in [0.2, 0.25) is 0 Å². The zero-order valence-corrected chi connectivity index (χ0v) is 9.11. The number of carbonyl (C=O) groups is 1. The molecule has 0 rings (SSSR count). The molecule has 0 saturated heterocycles. The minimum absolute atomic E-state index is 0.0666. The van der Waals surface area contributed by atoms with Crippen LogP contribution in [0.1, 0.15) is 53.9 Å². The topological polar surface area (TPSA) is 17.1 Å². The van der Waals surface area contributed by atoms with Crippen LogP contribution in [0.4, 0.5) is 0 Å². The molecule has 72 valence electrons. The Morgan fingerprint density at radius 3 is 2.08 bits per heavy atom. The van der Waals surface area contributed by atoms with Crippen molar-refractivity contribution in [1.82, 2.24) is 0 Å². The Balaban J connectivity index is 4.33. The highest BCUT2D eigenvalue weighted by atomic mass is 16.1. The number of hydrogen-bond acceptors (Lipinski definition) is 1. The second kappa shape index (κ2) is 4.64. The second-order valence-corrected chi connectivity index (χ2v) is 4.29. The Kier molecular flexibility index (Phi) is 4.51. The summed E-state index contributed by atoms with van der Waals surface area (Å²) in [6, 6.07) is 0. The molecule has 0 spiro atoms. The first kappa shape index (κ1) is 11.7. The molecule has 12 heavy (non-hydrogen) atoms. The summed E-state index contributed by atoms with van der Waals surface area (Å²) in [5, 5.41) is 0. The van der Waals surface area contributed by atoms with Crippen LogP contribution in [0.15, 0.2) is 0 Å². The highest BCUT2D eigenvalue weighted by Crippen LogP contribution is 2.31. The molecule has 0 aromatic carbocycles. The summed E-state index contributed by atoms with van der Waals surface area (Å²) in [5.74, 6) is 1.03. The highest BCUT2D eigenvalue weighted by Gasteiger charge is 2.29. The van der Waals surface area contributed by atoms with Crippen LogP contribution in [-0.4, -0.2) is 5.78 Å². The summed E-state index contributed by atoms with van der Waals surface area (Å²) in [4.78, 5) is 11.6. The van der Waals surface area contributed by atoms with Crippen LogP contribution in [-0.2, 0) is 4.79 Å². The maximum absolute atomic E-state index is 11.6. The zero-order valence-electron chi connectivity index (χ0n) is 9.11. The van der Waals surface area contributed by atoms with E-state index in [4.69, 9.17) is 0 Å². The van der Waals surface area contributed by atoms with Gasteiger partial charge in [0.2, 0.25) is 0 Å². The van der Waals surface area contributed by atoms with Crippen LogP contribution in [0.3, 0.4) is 0 Å². The van der Waals surface area contributed by atoms with Crippen LogP contribution in [0.5, 0.6) is 0 Å². The van der Waals surface area contributed by atoms with Gasteiger partial charge in [-0.1, -0.05) is 34.6 Å². The Bertz CT molecular complexity index is 149.